The molecule has 0 atom stereocenters. The van der Waals surface area contributed by atoms with Crippen LogP contribution >= 0.6 is 11.3 Å². The van der Waals surface area contributed by atoms with E-state index < -0.39 is 0 Å². The second kappa shape index (κ2) is 4.31. The minimum Gasteiger partial charge on any atom is -0.468 e. The first kappa shape index (κ1) is 9.98. The molecule has 0 saturated carbocycles. The van der Waals surface area contributed by atoms with Gasteiger partial charge in [0.25, 0.3) is 0 Å². The third-order valence-electron chi connectivity index (χ3n) is 2.06. The summed E-state index contributed by atoms with van der Waals surface area (Å²) in [5.41, 5.74) is 0. The van der Waals surface area contributed by atoms with E-state index in [4.69, 9.17) is 0 Å². The number of esters is 1. The van der Waals surface area contributed by atoms with Crippen LogP contribution in [0, 0.1) is 0 Å². The fraction of sp³-hybridized carbons (Fsp3) is 0.182. The van der Waals surface area contributed by atoms with Gasteiger partial charge in [0, 0.05) is 4.70 Å². The summed E-state index contributed by atoms with van der Waals surface area (Å²) in [5, 5.41) is 5.21. The predicted molar refractivity (Wildman–Crippen MR) is 62.3 cm³/mol. The Morgan fingerprint density at radius 2 is 2.27 bits per heavy atom. The van der Waals surface area contributed by atoms with Crippen LogP contribution in [0.1, 0.15) is 0 Å². The Kier molecular flexibility index (Phi) is 2.87. The van der Waals surface area contributed by atoms with Crippen LogP contribution in [0.5, 0.6) is 0 Å². The Balaban J connectivity index is 2.12. The minimum absolute atomic E-state index is 0.212. The zero-order chi connectivity index (χ0) is 10.7. The van der Waals surface area contributed by atoms with Crippen molar-refractivity contribution in [3.05, 3.63) is 30.3 Å². The van der Waals surface area contributed by atoms with Gasteiger partial charge in [-0.25, -0.2) is 0 Å². The predicted octanol–water partition coefficient (Wildman–Crippen LogP) is 2.49. The number of ether oxygens (including phenoxy) is 1. The SMILES string of the molecule is COC(=O)CNc1cc2ccccc2s1. The number of nitrogens with one attached hydrogen (secondary N) is 1. The van der Waals surface area contributed by atoms with E-state index in [1.54, 1.807) is 11.3 Å². The second-order valence-corrected chi connectivity index (χ2v) is 4.16. The molecule has 3 nitrogen and oxygen atoms in total. The lowest BCUT2D eigenvalue weighted by Crippen LogP contribution is -2.14. The van der Waals surface area contributed by atoms with E-state index in [1.807, 2.05) is 18.2 Å². The van der Waals surface area contributed by atoms with Gasteiger partial charge in [-0.1, -0.05) is 18.2 Å². The summed E-state index contributed by atoms with van der Waals surface area (Å²) in [5.74, 6) is -0.257. The van der Waals surface area contributed by atoms with Gasteiger partial charge in [-0.15, -0.1) is 11.3 Å². The van der Waals surface area contributed by atoms with Crippen LogP contribution in [0.25, 0.3) is 10.1 Å². The molecule has 0 aliphatic heterocycles. The van der Waals surface area contributed by atoms with Crippen molar-refractivity contribution in [2.24, 2.45) is 0 Å². The van der Waals surface area contributed by atoms with Crippen molar-refractivity contribution in [3.63, 3.8) is 0 Å². The molecule has 2 aromatic rings. The third-order valence-corrected chi connectivity index (χ3v) is 3.13. The lowest BCUT2D eigenvalue weighted by atomic mass is 10.3. The standard InChI is InChI=1S/C11H11NO2S/c1-14-11(13)7-12-10-6-8-4-2-3-5-9(8)15-10/h2-6,12H,7H2,1H3. The number of benzene rings is 1. The molecule has 1 aromatic heterocycles. The lowest BCUT2D eigenvalue weighted by molar-refractivity contribution is -0.138. The number of anilines is 1. The third kappa shape index (κ3) is 2.27. The average molecular weight is 221 g/mol. The summed E-state index contributed by atoms with van der Waals surface area (Å²) in [4.78, 5) is 10.9. The molecule has 0 spiro atoms. The van der Waals surface area contributed by atoms with E-state index in [2.05, 4.69) is 22.2 Å². The normalized spacial score (nSPS) is 10.2. The van der Waals surface area contributed by atoms with E-state index in [0.717, 1.165) is 5.00 Å². The van der Waals surface area contributed by atoms with Crippen LogP contribution in [0.2, 0.25) is 0 Å². The fourth-order valence-corrected chi connectivity index (χ4v) is 2.26. The molecule has 1 heterocycles. The highest BCUT2D eigenvalue weighted by Gasteiger charge is 2.03. The van der Waals surface area contributed by atoms with Gasteiger partial charge < -0.3 is 10.1 Å². The molecule has 1 aromatic carbocycles. The maximum atomic E-state index is 10.9. The molecule has 1 N–H and O–H groups in total. The maximum Gasteiger partial charge on any atom is 0.325 e. The Labute approximate surface area is 91.7 Å². The quantitative estimate of drug-likeness (QED) is 0.809. The van der Waals surface area contributed by atoms with Gasteiger partial charge in [0.1, 0.15) is 6.54 Å². The molecule has 0 unspecified atom stereocenters. The van der Waals surface area contributed by atoms with Crippen molar-refractivity contribution >= 4 is 32.4 Å². The minimum atomic E-state index is -0.257. The number of carbonyl (C=O) groups excluding carboxylic acids is 1. The molecule has 15 heavy (non-hydrogen) atoms. The zero-order valence-electron chi connectivity index (χ0n) is 8.32. The largest absolute Gasteiger partial charge is 0.468 e. The van der Waals surface area contributed by atoms with Crippen molar-refractivity contribution in [1.29, 1.82) is 0 Å². The zero-order valence-corrected chi connectivity index (χ0v) is 9.14. The molecular weight excluding hydrogens is 210 g/mol. The Morgan fingerprint density at radius 1 is 1.47 bits per heavy atom. The molecule has 0 radical (unpaired) electrons. The van der Waals surface area contributed by atoms with E-state index in [0.29, 0.717) is 0 Å². The summed E-state index contributed by atoms with van der Waals surface area (Å²) in [6.07, 6.45) is 0. The number of thiophene rings is 1. The van der Waals surface area contributed by atoms with Crippen molar-refractivity contribution in [1.82, 2.24) is 0 Å². The number of fused-ring (bicyclic) bond motifs is 1. The van der Waals surface area contributed by atoms with E-state index >= 15 is 0 Å². The summed E-state index contributed by atoms with van der Waals surface area (Å²) < 4.78 is 5.76. The Hall–Kier alpha value is -1.55. The van der Waals surface area contributed by atoms with Gasteiger partial charge in [0.2, 0.25) is 0 Å². The van der Waals surface area contributed by atoms with Gasteiger partial charge in [-0.3, -0.25) is 4.79 Å². The van der Waals surface area contributed by atoms with E-state index in [1.165, 1.54) is 17.2 Å². The first-order chi connectivity index (χ1) is 7.29. The van der Waals surface area contributed by atoms with E-state index in [9.17, 15) is 4.79 Å². The molecule has 0 aliphatic rings. The summed E-state index contributed by atoms with van der Waals surface area (Å²) in [6.45, 7) is 0.212. The summed E-state index contributed by atoms with van der Waals surface area (Å²) in [6, 6.07) is 10.1. The Morgan fingerprint density at radius 3 is 3.00 bits per heavy atom. The number of rotatable bonds is 3. The lowest BCUT2D eigenvalue weighted by Gasteiger charge is -1.99. The highest BCUT2D eigenvalue weighted by Crippen LogP contribution is 2.28. The van der Waals surface area contributed by atoms with Crippen LogP contribution in [0.15, 0.2) is 30.3 Å². The van der Waals surface area contributed by atoms with Gasteiger partial charge in [-0.2, -0.15) is 0 Å². The smallest absolute Gasteiger partial charge is 0.325 e. The average Bonchev–Trinajstić information content (AvgIpc) is 2.68. The van der Waals surface area contributed by atoms with Crippen LogP contribution in [-0.4, -0.2) is 19.6 Å². The highest BCUT2D eigenvalue weighted by atomic mass is 32.1. The number of hydrogen-bond donors (Lipinski definition) is 1. The molecule has 78 valence electrons. The van der Waals surface area contributed by atoms with Gasteiger partial charge >= 0.3 is 5.97 Å². The fourth-order valence-electron chi connectivity index (χ4n) is 1.30. The van der Waals surface area contributed by atoms with Crippen LogP contribution in [0.3, 0.4) is 0 Å². The maximum absolute atomic E-state index is 10.9. The number of carbonyl (C=O) groups is 1. The van der Waals surface area contributed by atoms with Crippen LogP contribution in [-0.2, 0) is 9.53 Å². The molecule has 0 amide bonds. The summed E-state index contributed by atoms with van der Waals surface area (Å²) in [7, 11) is 1.38. The molecule has 4 heteroatoms. The molecule has 0 fully saturated rings. The molecule has 2 rings (SSSR count). The highest BCUT2D eigenvalue weighted by molar-refractivity contribution is 7.22. The van der Waals surface area contributed by atoms with E-state index in [-0.39, 0.29) is 12.5 Å². The monoisotopic (exact) mass is 221 g/mol. The molecule has 0 aliphatic carbocycles. The van der Waals surface area contributed by atoms with Crippen molar-refractivity contribution in [2.45, 2.75) is 0 Å². The van der Waals surface area contributed by atoms with Crippen molar-refractivity contribution < 1.29 is 9.53 Å². The van der Waals surface area contributed by atoms with Crippen molar-refractivity contribution in [3.8, 4) is 0 Å². The van der Waals surface area contributed by atoms with Gasteiger partial charge in [-0.05, 0) is 17.5 Å². The second-order valence-electron chi connectivity index (χ2n) is 3.08. The molecular formula is C11H11NO2S. The number of hydrogen-bond acceptors (Lipinski definition) is 4. The van der Waals surface area contributed by atoms with Gasteiger partial charge in [0.05, 0.1) is 12.1 Å². The van der Waals surface area contributed by atoms with Crippen molar-refractivity contribution in [2.75, 3.05) is 19.0 Å². The van der Waals surface area contributed by atoms with Crippen LogP contribution in [0.4, 0.5) is 5.00 Å². The number of methoxy groups -OCH3 is 1. The van der Waals surface area contributed by atoms with Crippen LogP contribution < -0.4 is 5.32 Å². The van der Waals surface area contributed by atoms with Gasteiger partial charge in [0.15, 0.2) is 0 Å². The Bertz CT molecular complexity index is 445. The molecule has 0 bridgehead atoms. The molecule has 0 saturated heterocycles. The first-order valence-electron chi connectivity index (χ1n) is 4.59. The summed E-state index contributed by atoms with van der Waals surface area (Å²) >= 11 is 1.63. The first-order valence-corrected chi connectivity index (χ1v) is 5.40. The topological polar surface area (TPSA) is 38.3 Å².